The van der Waals surface area contributed by atoms with Crippen LogP contribution in [-0.2, 0) is 10.0 Å². The number of piperidine rings is 1. The lowest BCUT2D eigenvalue weighted by Gasteiger charge is -2.30. The third kappa shape index (κ3) is 3.44. The SMILES string of the molecule is Cc1nc2ccccn2c1C(=O)NCC1CCN(S(C)(=O)=O)CC1. The van der Waals surface area contributed by atoms with E-state index in [4.69, 9.17) is 0 Å². The minimum absolute atomic E-state index is 0.142. The highest BCUT2D eigenvalue weighted by atomic mass is 32.2. The largest absolute Gasteiger partial charge is 0.350 e. The van der Waals surface area contributed by atoms with E-state index in [9.17, 15) is 13.2 Å². The molecule has 1 aliphatic rings. The summed E-state index contributed by atoms with van der Waals surface area (Å²) < 4.78 is 26.3. The summed E-state index contributed by atoms with van der Waals surface area (Å²) in [4.78, 5) is 16.9. The van der Waals surface area contributed by atoms with Crippen molar-refractivity contribution in [1.82, 2.24) is 19.0 Å². The molecule has 2 aromatic rings. The zero-order valence-electron chi connectivity index (χ0n) is 13.9. The Kier molecular flexibility index (Phi) is 4.60. The number of carbonyl (C=O) groups is 1. The van der Waals surface area contributed by atoms with Crippen molar-refractivity contribution >= 4 is 21.6 Å². The first kappa shape index (κ1) is 16.9. The van der Waals surface area contributed by atoms with Gasteiger partial charge in [-0.15, -0.1) is 0 Å². The molecule has 1 aliphatic heterocycles. The van der Waals surface area contributed by atoms with Crippen molar-refractivity contribution < 1.29 is 13.2 Å². The maximum absolute atomic E-state index is 12.5. The number of nitrogens with zero attached hydrogens (tertiary/aromatic N) is 3. The van der Waals surface area contributed by atoms with Gasteiger partial charge in [-0.2, -0.15) is 0 Å². The molecule has 0 spiro atoms. The molecule has 1 fully saturated rings. The number of carbonyl (C=O) groups excluding carboxylic acids is 1. The van der Waals surface area contributed by atoms with Crippen molar-refractivity contribution in [3.05, 3.63) is 35.8 Å². The number of nitrogens with one attached hydrogen (secondary N) is 1. The molecule has 3 heterocycles. The molecule has 2 aromatic heterocycles. The molecule has 1 saturated heterocycles. The number of aromatic nitrogens is 2. The second-order valence-electron chi connectivity index (χ2n) is 6.29. The fraction of sp³-hybridized carbons (Fsp3) is 0.500. The highest BCUT2D eigenvalue weighted by Gasteiger charge is 2.25. The number of sulfonamides is 1. The Morgan fingerprint density at radius 1 is 1.33 bits per heavy atom. The number of rotatable bonds is 4. The predicted octanol–water partition coefficient (Wildman–Crippen LogP) is 1.04. The number of amides is 1. The van der Waals surface area contributed by atoms with Gasteiger partial charge in [0.05, 0.1) is 11.9 Å². The Bertz CT molecular complexity index is 851. The molecule has 0 unspecified atom stereocenters. The summed E-state index contributed by atoms with van der Waals surface area (Å²) >= 11 is 0. The second-order valence-corrected chi connectivity index (χ2v) is 8.27. The first-order valence-corrected chi connectivity index (χ1v) is 9.88. The molecule has 130 valence electrons. The molecule has 0 aliphatic carbocycles. The van der Waals surface area contributed by atoms with E-state index in [0.717, 1.165) is 18.5 Å². The highest BCUT2D eigenvalue weighted by molar-refractivity contribution is 7.88. The number of imidazole rings is 1. The van der Waals surface area contributed by atoms with Crippen molar-refractivity contribution in [2.45, 2.75) is 19.8 Å². The number of hydrogen-bond donors (Lipinski definition) is 1. The normalized spacial score (nSPS) is 17.2. The van der Waals surface area contributed by atoms with Crippen LogP contribution in [0.1, 0.15) is 29.0 Å². The highest BCUT2D eigenvalue weighted by Crippen LogP contribution is 2.19. The molecule has 1 amide bonds. The summed E-state index contributed by atoms with van der Waals surface area (Å²) in [6.45, 7) is 3.42. The Balaban J connectivity index is 1.61. The molecule has 7 nitrogen and oxygen atoms in total. The van der Waals surface area contributed by atoms with Crippen molar-refractivity contribution in [3.8, 4) is 0 Å². The zero-order chi connectivity index (χ0) is 17.3. The van der Waals surface area contributed by atoms with Gasteiger partial charge in [-0.1, -0.05) is 6.07 Å². The van der Waals surface area contributed by atoms with Crippen LogP contribution < -0.4 is 5.32 Å². The van der Waals surface area contributed by atoms with E-state index in [1.165, 1.54) is 10.6 Å². The minimum Gasteiger partial charge on any atom is -0.350 e. The van der Waals surface area contributed by atoms with Crippen LogP contribution in [0.2, 0.25) is 0 Å². The fourth-order valence-corrected chi connectivity index (χ4v) is 4.03. The fourth-order valence-electron chi connectivity index (χ4n) is 3.15. The maximum Gasteiger partial charge on any atom is 0.270 e. The van der Waals surface area contributed by atoms with Gasteiger partial charge in [-0.05, 0) is 37.8 Å². The van der Waals surface area contributed by atoms with Crippen LogP contribution in [0.15, 0.2) is 24.4 Å². The summed E-state index contributed by atoms with van der Waals surface area (Å²) in [5.41, 5.74) is 2.01. The zero-order valence-corrected chi connectivity index (χ0v) is 14.7. The molecule has 0 aromatic carbocycles. The second kappa shape index (κ2) is 6.52. The maximum atomic E-state index is 12.5. The Morgan fingerprint density at radius 3 is 2.71 bits per heavy atom. The summed E-state index contributed by atoms with van der Waals surface area (Å²) in [5, 5.41) is 2.97. The van der Waals surface area contributed by atoms with Crippen LogP contribution in [0.5, 0.6) is 0 Å². The van der Waals surface area contributed by atoms with Gasteiger partial charge in [0.25, 0.3) is 5.91 Å². The van der Waals surface area contributed by atoms with E-state index in [0.29, 0.717) is 36.9 Å². The van der Waals surface area contributed by atoms with Gasteiger partial charge in [0, 0.05) is 25.8 Å². The van der Waals surface area contributed by atoms with Gasteiger partial charge < -0.3 is 5.32 Å². The summed E-state index contributed by atoms with van der Waals surface area (Å²) in [5.74, 6) is 0.156. The van der Waals surface area contributed by atoms with Crippen molar-refractivity contribution in [2.75, 3.05) is 25.9 Å². The van der Waals surface area contributed by atoms with E-state index in [1.807, 2.05) is 31.3 Å². The van der Waals surface area contributed by atoms with Crippen molar-refractivity contribution in [2.24, 2.45) is 5.92 Å². The molecule has 8 heteroatoms. The van der Waals surface area contributed by atoms with Gasteiger partial charge in [0.2, 0.25) is 10.0 Å². The average molecular weight is 350 g/mol. The Labute approximate surface area is 141 Å². The third-order valence-electron chi connectivity index (χ3n) is 4.51. The van der Waals surface area contributed by atoms with E-state index in [2.05, 4.69) is 10.3 Å². The van der Waals surface area contributed by atoms with Crippen LogP contribution in [0, 0.1) is 12.8 Å². The molecular formula is C16H22N4O3S. The van der Waals surface area contributed by atoms with Gasteiger partial charge in [0.1, 0.15) is 11.3 Å². The number of fused-ring (bicyclic) bond motifs is 1. The van der Waals surface area contributed by atoms with Gasteiger partial charge in [-0.25, -0.2) is 17.7 Å². The van der Waals surface area contributed by atoms with E-state index >= 15 is 0 Å². The first-order chi connectivity index (χ1) is 11.4. The van der Waals surface area contributed by atoms with Crippen LogP contribution in [0.25, 0.3) is 5.65 Å². The number of pyridine rings is 1. The van der Waals surface area contributed by atoms with Crippen LogP contribution in [0.4, 0.5) is 0 Å². The molecule has 0 atom stereocenters. The molecule has 24 heavy (non-hydrogen) atoms. The third-order valence-corrected chi connectivity index (χ3v) is 5.82. The Hall–Kier alpha value is -1.93. The van der Waals surface area contributed by atoms with Crippen molar-refractivity contribution in [1.29, 1.82) is 0 Å². The van der Waals surface area contributed by atoms with Crippen LogP contribution in [0.3, 0.4) is 0 Å². The monoisotopic (exact) mass is 350 g/mol. The molecule has 1 N–H and O–H groups in total. The number of aryl methyl sites for hydroxylation is 1. The average Bonchev–Trinajstić information content (AvgIpc) is 2.88. The molecule has 3 rings (SSSR count). The van der Waals surface area contributed by atoms with E-state index in [1.54, 1.807) is 4.40 Å². The quantitative estimate of drug-likeness (QED) is 0.893. The smallest absolute Gasteiger partial charge is 0.270 e. The first-order valence-electron chi connectivity index (χ1n) is 8.03. The summed E-state index contributed by atoms with van der Waals surface area (Å²) in [6, 6.07) is 5.62. The minimum atomic E-state index is -3.11. The standard InChI is InChI=1S/C16H22N4O3S/c1-12-15(20-8-4-3-5-14(20)18-12)16(21)17-11-13-6-9-19(10-7-13)24(2,22)23/h3-5,8,13H,6-7,9-11H2,1-2H3,(H,17,21). The molecule has 0 radical (unpaired) electrons. The lowest BCUT2D eigenvalue weighted by Crippen LogP contribution is -2.41. The lowest BCUT2D eigenvalue weighted by atomic mass is 9.98. The Morgan fingerprint density at radius 2 is 2.04 bits per heavy atom. The van der Waals surface area contributed by atoms with E-state index < -0.39 is 10.0 Å². The summed E-state index contributed by atoms with van der Waals surface area (Å²) in [7, 11) is -3.11. The molecule has 0 bridgehead atoms. The lowest BCUT2D eigenvalue weighted by molar-refractivity contribution is 0.0935. The van der Waals surface area contributed by atoms with E-state index in [-0.39, 0.29) is 5.91 Å². The van der Waals surface area contributed by atoms with Crippen molar-refractivity contribution in [3.63, 3.8) is 0 Å². The van der Waals surface area contributed by atoms with Gasteiger partial charge in [-0.3, -0.25) is 9.20 Å². The molecule has 0 saturated carbocycles. The van der Waals surface area contributed by atoms with Gasteiger partial charge in [0.15, 0.2) is 0 Å². The van der Waals surface area contributed by atoms with Crippen LogP contribution >= 0.6 is 0 Å². The van der Waals surface area contributed by atoms with Gasteiger partial charge >= 0.3 is 0 Å². The topological polar surface area (TPSA) is 83.8 Å². The number of hydrogen-bond acceptors (Lipinski definition) is 4. The summed E-state index contributed by atoms with van der Waals surface area (Å²) in [6.07, 6.45) is 4.59. The molecular weight excluding hydrogens is 328 g/mol. The van der Waals surface area contributed by atoms with Crippen LogP contribution in [-0.4, -0.2) is 53.9 Å². The predicted molar refractivity (Wildman–Crippen MR) is 91.4 cm³/mol.